The van der Waals surface area contributed by atoms with Crippen LogP contribution in [0.5, 0.6) is 0 Å². The van der Waals surface area contributed by atoms with Crippen LogP contribution in [0, 0.1) is 0 Å². The van der Waals surface area contributed by atoms with E-state index in [9.17, 15) is 4.79 Å². The van der Waals surface area contributed by atoms with Gasteiger partial charge in [-0.05, 0) is 44.0 Å². The fraction of sp³-hybridized carbons (Fsp3) is 0.400. The van der Waals surface area contributed by atoms with E-state index in [1.165, 1.54) is 4.70 Å². The molecule has 0 unspecified atom stereocenters. The second kappa shape index (κ2) is 7.60. The van der Waals surface area contributed by atoms with E-state index in [2.05, 4.69) is 25.1 Å². The highest BCUT2D eigenvalue weighted by atomic mass is 32.1. The summed E-state index contributed by atoms with van der Waals surface area (Å²) in [4.78, 5) is 19.5. The number of aromatic nitrogens is 1. The van der Waals surface area contributed by atoms with Crippen LogP contribution >= 0.6 is 11.3 Å². The summed E-state index contributed by atoms with van der Waals surface area (Å²) in [6.45, 7) is 4.14. The molecule has 4 rings (SSSR count). The first-order valence-corrected chi connectivity index (χ1v) is 10.0. The maximum Gasteiger partial charge on any atom is 0.277 e. The third-order valence-electron chi connectivity index (χ3n) is 5.07. The molecule has 2 atom stereocenters. The molecule has 2 aromatic heterocycles. The van der Waals surface area contributed by atoms with E-state index >= 15 is 0 Å². The molecule has 0 aliphatic carbocycles. The number of piperidine rings is 1. The van der Waals surface area contributed by atoms with Gasteiger partial charge in [0.15, 0.2) is 12.3 Å². The number of para-hydroxylation sites is 1. The Morgan fingerprint density at radius 2 is 2.27 bits per heavy atom. The van der Waals surface area contributed by atoms with Crippen LogP contribution in [-0.4, -0.2) is 35.4 Å². The minimum Gasteiger partial charge on any atom is -0.463 e. The van der Waals surface area contributed by atoms with E-state index in [1.54, 1.807) is 17.6 Å². The molecule has 3 aromatic rings. The molecule has 1 aliphatic rings. The Hall–Kier alpha value is -2.18. The summed E-state index contributed by atoms with van der Waals surface area (Å²) in [5.74, 6) is 1.46. The third kappa shape index (κ3) is 3.66. The SMILES string of the molecule is C[C@@H]([NH2+]CC(=O)N1CCC[C@H](c2nc3ccccc3s2)C1)c1ccco1. The van der Waals surface area contributed by atoms with Gasteiger partial charge in [0.25, 0.3) is 5.91 Å². The van der Waals surface area contributed by atoms with E-state index < -0.39 is 0 Å². The number of amides is 1. The first-order chi connectivity index (χ1) is 12.7. The average Bonchev–Trinajstić information content (AvgIpc) is 3.35. The number of likely N-dealkylation sites (tertiary alicyclic amines) is 1. The van der Waals surface area contributed by atoms with Crippen LogP contribution in [-0.2, 0) is 4.79 Å². The molecule has 6 heteroatoms. The lowest BCUT2D eigenvalue weighted by Crippen LogP contribution is -2.87. The van der Waals surface area contributed by atoms with Crippen LogP contribution in [0.3, 0.4) is 0 Å². The molecule has 1 amide bonds. The molecule has 2 N–H and O–H groups in total. The Kier molecular flexibility index (Phi) is 5.04. The van der Waals surface area contributed by atoms with Crippen molar-refractivity contribution in [2.45, 2.75) is 31.7 Å². The van der Waals surface area contributed by atoms with Crippen LogP contribution in [0.2, 0.25) is 0 Å². The number of carbonyl (C=O) groups is 1. The Morgan fingerprint density at radius 3 is 3.08 bits per heavy atom. The number of fused-ring (bicyclic) bond motifs is 1. The van der Waals surface area contributed by atoms with Gasteiger partial charge >= 0.3 is 0 Å². The van der Waals surface area contributed by atoms with Gasteiger partial charge < -0.3 is 14.6 Å². The number of furan rings is 1. The Morgan fingerprint density at radius 1 is 1.38 bits per heavy atom. The number of rotatable bonds is 5. The van der Waals surface area contributed by atoms with Crippen LogP contribution in [0.25, 0.3) is 10.2 Å². The average molecular weight is 370 g/mol. The summed E-state index contributed by atoms with van der Waals surface area (Å²) in [6, 6.07) is 12.2. The largest absolute Gasteiger partial charge is 0.463 e. The summed E-state index contributed by atoms with van der Waals surface area (Å²) in [5, 5.41) is 3.21. The zero-order valence-corrected chi connectivity index (χ0v) is 15.7. The molecule has 1 aliphatic heterocycles. The van der Waals surface area contributed by atoms with Gasteiger partial charge in [-0.15, -0.1) is 11.3 Å². The minimum absolute atomic E-state index is 0.152. The zero-order chi connectivity index (χ0) is 17.9. The van der Waals surface area contributed by atoms with Gasteiger partial charge in [0.2, 0.25) is 0 Å². The lowest BCUT2D eigenvalue weighted by molar-refractivity contribution is -0.685. The van der Waals surface area contributed by atoms with Crippen LogP contribution in [0.15, 0.2) is 47.1 Å². The van der Waals surface area contributed by atoms with E-state index in [0.29, 0.717) is 12.5 Å². The van der Waals surface area contributed by atoms with Crippen molar-refractivity contribution in [1.82, 2.24) is 9.88 Å². The molecule has 0 spiro atoms. The van der Waals surface area contributed by atoms with Crippen molar-refractivity contribution in [1.29, 1.82) is 0 Å². The van der Waals surface area contributed by atoms with Crippen molar-refractivity contribution in [3.8, 4) is 0 Å². The van der Waals surface area contributed by atoms with Gasteiger partial charge in [-0.25, -0.2) is 4.98 Å². The van der Waals surface area contributed by atoms with Gasteiger partial charge in [-0.1, -0.05) is 12.1 Å². The Balaban J connectivity index is 1.37. The molecule has 1 aromatic carbocycles. The van der Waals surface area contributed by atoms with Gasteiger partial charge in [0, 0.05) is 19.0 Å². The summed E-state index contributed by atoms with van der Waals surface area (Å²) >= 11 is 1.76. The summed E-state index contributed by atoms with van der Waals surface area (Å²) in [7, 11) is 0. The summed E-state index contributed by atoms with van der Waals surface area (Å²) < 4.78 is 6.64. The standard InChI is InChI=1S/C20H23N3O2S/c1-14(17-8-5-11-25-17)21-12-19(24)23-10-4-6-15(13-23)20-22-16-7-2-3-9-18(16)26-20/h2-3,5,7-9,11,14-15,21H,4,6,10,12-13H2,1H3/p+1/t14-,15+/m1/s1. The lowest BCUT2D eigenvalue weighted by Gasteiger charge is -2.31. The predicted octanol–water partition coefficient (Wildman–Crippen LogP) is 2.92. The Labute approximate surface area is 157 Å². The molecule has 0 radical (unpaired) electrons. The molecule has 3 heterocycles. The normalized spacial score (nSPS) is 19.0. The quantitative estimate of drug-likeness (QED) is 0.751. The molecular weight excluding hydrogens is 346 g/mol. The van der Waals surface area contributed by atoms with Crippen LogP contribution < -0.4 is 5.32 Å². The highest BCUT2D eigenvalue weighted by Gasteiger charge is 2.28. The van der Waals surface area contributed by atoms with Gasteiger partial charge in [-0.2, -0.15) is 0 Å². The van der Waals surface area contributed by atoms with E-state index in [4.69, 9.17) is 9.40 Å². The second-order valence-electron chi connectivity index (χ2n) is 6.94. The number of nitrogens with zero attached hydrogens (tertiary/aromatic N) is 2. The predicted molar refractivity (Wildman–Crippen MR) is 102 cm³/mol. The number of nitrogens with two attached hydrogens (primary N) is 1. The van der Waals surface area contributed by atoms with Gasteiger partial charge in [0.05, 0.1) is 21.5 Å². The highest BCUT2D eigenvalue weighted by molar-refractivity contribution is 7.18. The molecule has 1 saturated heterocycles. The maximum absolute atomic E-state index is 12.7. The van der Waals surface area contributed by atoms with E-state index in [-0.39, 0.29) is 11.9 Å². The van der Waals surface area contributed by atoms with E-state index in [1.807, 2.05) is 28.4 Å². The first kappa shape index (κ1) is 17.2. The molecule has 136 valence electrons. The van der Waals surface area contributed by atoms with Crippen molar-refractivity contribution in [2.24, 2.45) is 0 Å². The second-order valence-corrected chi connectivity index (χ2v) is 8.00. The number of quaternary nitrogens is 1. The monoisotopic (exact) mass is 370 g/mol. The Bertz CT molecular complexity index is 841. The number of hydrogen-bond donors (Lipinski definition) is 1. The molecule has 0 saturated carbocycles. The summed E-state index contributed by atoms with van der Waals surface area (Å²) in [5.41, 5.74) is 1.07. The third-order valence-corrected chi connectivity index (χ3v) is 6.27. The number of hydrogen-bond acceptors (Lipinski definition) is 4. The fourth-order valence-electron chi connectivity index (χ4n) is 3.54. The van der Waals surface area contributed by atoms with Crippen molar-refractivity contribution in [3.05, 3.63) is 53.4 Å². The lowest BCUT2D eigenvalue weighted by atomic mass is 9.98. The number of benzene rings is 1. The smallest absolute Gasteiger partial charge is 0.277 e. The molecule has 5 nitrogen and oxygen atoms in total. The minimum atomic E-state index is 0.152. The van der Waals surface area contributed by atoms with Crippen molar-refractivity contribution >= 4 is 27.5 Å². The number of thiazole rings is 1. The van der Waals surface area contributed by atoms with E-state index in [0.717, 1.165) is 42.2 Å². The van der Waals surface area contributed by atoms with Gasteiger partial charge in [0.1, 0.15) is 6.04 Å². The molecule has 1 fully saturated rings. The van der Waals surface area contributed by atoms with Gasteiger partial charge in [-0.3, -0.25) is 4.79 Å². The van der Waals surface area contributed by atoms with Crippen LogP contribution in [0.1, 0.15) is 42.5 Å². The van der Waals surface area contributed by atoms with Crippen molar-refractivity contribution < 1.29 is 14.5 Å². The summed E-state index contributed by atoms with van der Waals surface area (Å²) in [6.07, 6.45) is 3.82. The number of carbonyl (C=O) groups excluding carboxylic acids is 1. The molecular formula is C20H24N3O2S+. The maximum atomic E-state index is 12.7. The van der Waals surface area contributed by atoms with Crippen molar-refractivity contribution in [3.63, 3.8) is 0 Å². The molecule has 26 heavy (non-hydrogen) atoms. The zero-order valence-electron chi connectivity index (χ0n) is 14.9. The molecule has 0 bridgehead atoms. The topological polar surface area (TPSA) is 63.0 Å². The highest BCUT2D eigenvalue weighted by Crippen LogP contribution is 2.32. The first-order valence-electron chi connectivity index (χ1n) is 9.20. The van der Waals surface area contributed by atoms with Crippen LogP contribution in [0.4, 0.5) is 0 Å². The fourth-order valence-corrected chi connectivity index (χ4v) is 4.64. The van der Waals surface area contributed by atoms with Crippen molar-refractivity contribution in [2.75, 3.05) is 19.6 Å².